The Morgan fingerprint density at radius 1 is 1.05 bits per heavy atom. The van der Waals surface area contributed by atoms with Crippen molar-refractivity contribution in [2.45, 2.75) is 95.1 Å². The van der Waals surface area contributed by atoms with E-state index in [2.05, 4.69) is 10.6 Å². The minimum absolute atomic E-state index is 0.0750. The third-order valence-electron chi connectivity index (χ3n) is 8.44. The average molecular weight is 565 g/mol. The Balaban J connectivity index is 1.27. The van der Waals surface area contributed by atoms with Crippen LogP contribution in [0.4, 0.5) is 9.18 Å². The number of ether oxygens (including phenoxy) is 2. The Morgan fingerprint density at radius 3 is 2.18 bits per heavy atom. The standard InChI is InChI=1S/C29H41FN2O6S/c1-27(2,3)38-26(34)31-18-21(17-30)19-37-23-7-9-24(10-8-23)39(35,36)20-28-11-14-29(15-12-28,16-13-28)25(33)32-22-5-4-6-22/h7-10,17,22H,4-6,11-16,18-20H2,1-3H3,(H,31,34)(H,32,33)/b21-17+. The summed E-state index contributed by atoms with van der Waals surface area (Å²) in [4.78, 5) is 25.0. The Labute approximate surface area is 231 Å². The van der Waals surface area contributed by atoms with Gasteiger partial charge in [-0.2, -0.15) is 0 Å². The first-order chi connectivity index (χ1) is 18.3. The third-order valence-corrected chi connectivity index (χ3v) is 10.4. The second-order valence-electron chi connectivity index (χ2n) is 12.5. The van der Waals surface area contributed by atoms with E-state index in [9.17, 15) is 22.4 Å². The SMILES string of the molecule is CC(C)(C)OC(=O)NC/C(=C\F)COc1ccc(S(=O)(=O)CC23CCC(C(=O)NC4CCC4)(CC2)CC3)cc1. The van der Waals surface area contributed by atoms with Crippen molar-refractivity contribution in [1.29, 1.82) is 0 Å². The molecule has 0 atom stereocenters. The lowest BCUT2D eigenvalue weighted by atomic mass is 9.54. The molecule has 39 heavy (non-hydrogen) atoms. The van der Waals surface area contributed by atoms with Crippen LogP contribution in [0, 0.1) is 10.8 Å². The van der Waals surface area contributed by atoms with Gasteiger partial charge in [-0.3, -0.25) is 4.79 Å². The molecule has 5 rings (SSSR count). The zero-order valence-corrected chi connectivity index (χ0v) is 24.0. The van der Waals surface area contributed by atoms with E-state index in [0.29, 0.717) is 18.1 Å². The van der Waals surface area contributed by atoms with Crippen molar-refractivity contribution >= 4 is 21.8 Å². The smallest absolute Gasteiger partial charge is 0.407 e. The van der Waals surface area contributed by atoms with Crippen LogP contribution in [0.15, 0.2) is 41.1 Å². The number of benzene rings is 1. The highest BCUT2D eigenvalue weighted by atomic mass is 32.2. The molecule has 0 heterocycles. The van der Waals surface area contributed by atoms with Gasteiger partial charge in [0.15, 0.2) is 9.84 Å². The van der Waals surface area contributed by atoms with Crippen molar-refractivity contribution in [2.75, 3.05) is 18.9 Å². The van der Waals surface area contributed by atoms with Crippen LogP contribution in [0.1, 0.15) is 78.6 Å². The lowest BCUT2D eigenvalue weighted by Crippen LogP contribution is -2.54. The van der Waals surface area contributed by atoms with Crippen LogP contribution in [-0.4, -0.2) is 51.0 Å². The number of halogens is 1. The van der Waals surface area contributed by atoms with E-state index in [1.54, 1.807) is 32.9 Å². The Bertz CT molecular complexity index is 1160. The maximum absolute atomic E-state index is 13.3. The predicted octanol–water partition coefficient (Wildman–Crippen LogP) is 5.23. The van der Waals surface area contributed by atoms with Gasteiger partial charge < -0.3 is 20.1 Å². The van der Waals surface area contributed by atoms with Crippen LogP contribution >= 0.6 is 0 Å². The van der Waals surface area contributed by atoms with Crippen LogP contribution in [0.3, 0.4) is 0 Å². The minimum Gasteiger partial charge on any atom is -0.489 e. The minimum atomic E-state index is -3.53. The van der Waals surface area contributed by atoms with Gasteiger partial charge in [-0.25, -0.2) is 17.6 Å². The van der Waals surface area contributed by atoms with Gasteiger partial charge in [-0.1, -0.05) is 0 Å². The first-order valence-corrected chi connectivity index (χ1v) is 15.5. The van der Waals surface area contributed by atoms with E-state index in [1.807, 2.05) is 0 Å². The fourth-order valence-electron chi connectivity index (χ4n) is 5.74. The molecule has 2 bridgehead atoms. The van der Waals surface area contributed by atoms with Gasteiger partial charge in [0, 0.05) is 23.6 Å². The maximum atomic E-state index is 13.3. The summed E-state index contributed by atoms with van der Waals surface area (Å²) in [5.74, 6) is 0.637. The van der Waals surface area contributed by atoms with Gasteiger partial charge in [-0.15, -0.1) is 0 Å². The highest BCUT2D eigenvalue weighted by molar-refractivity contribution is 7.91. The molecule has 0 unspecified atom stereocenters. The van der Waals surface area contributed by atoms with Crippen LogP contribution in [-0.2, 0) is 19.4 Å². The van der Waals surface area contributed by atoms with Crippen LogP contribution < -0.4 is 15.4 Å². The molecule has 0 spiro atoms. The molecule has 10 heteroatoms. The molecule has 2 amide bonds. The van der Waals surface area contributed by atoms with E-state index in [0.717, 1.165) is 51.4 Å². The second-order valence-corrected chi connectivity index (χ2v) is 14.5. The number of hydrogen-bond acceptors (Lipinski definition) is 6. The van der Waals surface area contributed by atoms with Gasteiger partial charge in [0.05, 0.1) is 17.0 Å². The Hall–Kier alpha value is -2.62. The molecular weight excluding hydrogens is 523 g/mol. The Kier molecular flexibility index (Phi) is 8.64. The van der Waals surface area contributed by atoms with Crippen molar-refractivity contribution in [3.05, 3.63) is 36.2 Å². The molecule has 2 N–H and O–H groups in total. The lowest BCUT2D eigenvalue weighted by Gasteiger charge is -2.52. The summed E-state index contributed by atoms with van der Waals surface area (Å²) in [5.41, 5.74) is -1.07. The number of alkyl carbamates (subject to hydrolysis) is 1. The number of nitrogens with one attached hydrogen (secondary N) is 2. The predicted molar refractivity (Wildman–Crippen MR) is 146 cm³/mol. The zero-order chi connectivity index (χ0) is 28.3. The van der Waals surface area contributed by atoms with E-state index >= 15 is 0 Å². The number of sulfone groups is 1. The normalized spacial score (nSPS) is 25.5. The maximum Gasteiger partial charge on any atom is 0.407 e. The molecule has 4 fully saturated rings. The molecular formula is C29H41FN2O6S. The van der Waals surface area contributed by atoms with Gasteiger partial charge in [0.2, 0.25) is 5.91 Å². The molecule has 0 radical (unpaired) electrons. The van der Waals surface area contributed by atoms with Gasteiger partial charge in [-0.05, 0) is 108 Å². The van der Waals surface area contributed by atoms with Crippen molar-refractivity contribution < 1.29 is 31.9 Å². The average Bonchev–Trinajstić information content (AvgIpc) is 2.86. The zero-order valence-electron chi connectivity index (χ0n) is 23.2. The quantitative estimate of drug-likeness (QED) is 0.403. The molecule has 4 aliphatic rings. The molecule has 8 nitrogen and oxygen atoms in total. The van der Waals surface area contributed by atoms with Crippen LogP contribution in [0.2, 0.25) is 0 Å². The molecule has 4 aliphatic carbocycles. The third kappa shape index (κ3) is 7.32. The largest absolute Gasteiger partial charge is 0.489 e. The molecule has 0 aromatic heterocycles. The number of rotatable bonds is 10. The van der Waals surface area contributed by atoms with E-state index in [-0.39, 0.29) is 46.1 Å². The summed E-state index contributed by atoms with van der Waals surface area (Å²) in [6.07, 6.45) is 7.52. The molecule has 4 saturated carbocycles. The molecule has 0 saturated heterocycles. The molecule has 1 aromatic rings. The topological polar surface area (TPSA) is 111 Å². The van der Waals surface area contributed by atoms with Gasteiger partial charge >= 0.3 is 6.09 Å². The number of amides is 2. The van der Waals surface area contributed by atoms with E-state index in [1.165, 1.54) is 18.6 Å². The number of hydrogen-bond donors (Lipinski definition) is 2. The van der Waals surface area contributed by atoms with Gasteiger partial charge in [0.1, 0.15) is 18.0 Å². The molecule has 216 valence electrons. The summed E-state index contributed by atoms with van der Waals surface area (Å²) in [7, 11) is -3.53. The van der Waals surface area contributed by atoms with E-state index in [4.69, 9.17) is 9.47 Å². The number of carbonyl (C=O) groups is 2. The summed E-state index contributed by atoms with van der Waals surface area (Å²) in [6.45, 7) is 5.01. The molecule has 1 aromatic carbocycles. The van der Waals surface area contributed by atoms with Crippen LogP contribution in [0.5, 0.6) is 5.75 Å². The monoisotopic (exact) mass is 564 g/mol. The fourth-order valence-corrected chi connectivity index (χ4v) is 7.69. The summed E-state index contributed by atoms with van der Waals surface area (Å²) in [6, 6.07) is 6.46. The summed E-state index contributed by atoms with van der Waals surface area (Å²) >= 11 is 0. The second kappa shape index (κ2) is 11.5. The summed E-state index contributed by atoms with van der Waals surface area (Å²) in [5, 5.41) is 5.70. The van der Waals surface area contributed by atoms with Crippen molar-refractivity contribution in [2.24, 2.45) is 10.8 Å². The summed E-state index contributed by atoms with van der Waals surface area (Å²) < 4.78 is 50.7. The van der Waals surface area contributed by atoms with Crippen molar-refractivity contribution in [3.8, 4) is 5.75 Å². The lowest BCUT2D eigenvalue weighted by molar-refractivity contribution is -0.141. The number of carbonyl (C=O) groups excluding carboxylic acids is 2. The van der Waals surface area contributed by atoms with Gasteiger partial charge in [0.25, 0.3) is 0 Å². The fraction of sp³-hybridized carbons (Fsp3) is 0.655. The van der Waals surface area contributed by atoms with Crippen molar-refractivity contribution in [3.63, 3.8) is 0 Å². The number of fused-ring (bicyclic) bond motifs is 3. The van der Waals surface area contributed by atoms with Crippen LogP contribution in [0.25, 0.3) is 0 Å². The first-order valence-electron chi connectivity index (χ1n) is 13.9. The molecule has 0 aliphatic heterocycles. The van der Waals surface area contributed by atoms with Crippen molar-refractivity contribution in [1.82, 2.24) is 10.6 Å². The highest BCUT2D eigenvalue weighted by Crippen LogP contribution is 2.57. The van der Waals surface area contributed by atoms with E-state index < -0.39 is 21.5 Å². The highest BCUT2D eigenvalue weighted by Gasteiger charge is 2.53. The Morgan fingerprint density at radius 2 is 1.67 bits per heavy atom. The first kappa shape index (κ1) is 29.4.